The van der Waals surface area contributed by atoms with Crippen molar-refractivity contribution >= 4 is 5.69 Å². The smallest absolute Gasteiger partial charge is 0.258 e. The van der Waals surface area contributed by atoms with Crippen LogP contribution in [0.15, 0.2) is 24.3 Å². The number of nitro groups is 3. The van der Waals surface area contributed by atoms with E-state index in [4.69, 9.17) is 0 Å². The van der Waals surface area contributed by atoms with Gasteiger partial charge in [-0.05, 0) is 26.8 Å². The van der Waals surface area contributed by atoms with Gasteiger partial charge in [-0.2, -0.15) is 0 Å². The van der Waals surface area contributed by atoms with Crippen LogP contribution in [0, 0.1) is 35.8 Å². The van der Waals surface area contributed by atoms with Gasteiger partial charge < -0.3 is 0 Å². The fourth-order valence-corrected chi connectivity index (χ4v) is 2.14. The maximum Gasteiger partial charge on any atom is 0.495 e. The highest BCUT2D eigenvalue weighted by atomic mass is 16.7. The highest BCUT2D eigenvalue weighted by Gasteiger charge is 2.69. The van der Waals surface area contributed by atoms with E-state index in [1.165, 1.54) is 32.9 Å². The number of nitro benzene ring substituents is 1. The first-order valence-electron chi connectivity index (χ1n) is 5.59. The van der Waals surface area contributed by atoms with Crippen molar-refractivity contribution in [2.45, 2.75) is 26.4 Å². The molecule has 0 bridgehead atoms. The van der Waals surface area contributed by atoms with Crippen LogP contribution in [-0.2, 0) is 5.66 Å². The molecule has 0 aliphatic carbocycles. The lowest BCUT2D eigenvalue weighted by Gasteiger charge is -2.28. The van der Waals surface area contributed by atoms with Crippen molar-refractivity contribution in [2.24, 2.45) is 5.41 Å². The molecule has 0 amide bonds. The molecule has 20 heavy (non-hydrogen) atoms. The Bertz CT molecular complexity index is 564. The summed E-state index contributed by atoms with van der Waals surface area (Å²) in [5, 5.41) is 33.9. The maximum atomic E-state index is 11.4. The minimum atomic E-state index is -2.79. The minimum absolute atomic E-state index is 0.535. The van der Waals surface area contributed by atoms with Crippen LogP contribution in [0.4, 0.5) is 5.69 Å². The standard InChI is InChI=1S/C11H13N3O6/c1-10(2,3)11(13(17)18,14(19)20)8-6-4-5-7-9(8)12(15)16/h4-7H,1-3H3. The molecule has 108 valence electrons. The second-order valence-electron chi connectivity index (χ2n) is 5.21. The Hall–Kier alpha value is -2.58. The minimum Gasteiger partial charge on any atom is -0.258 e. The Morgan fingerprint density at radius 3 is 1.70 bits per heavy atom. The molecule has 0 saturated carbocycles. The van der Waals surface area contributed by atoms with Crippen molar-refractivity contribution in [2.75, 3.05) is 0 Å². The van der Waals surface area contributed by atoms with Crippen LogP contribution >= 0.6 is 0 Å². The Morgan fingerprint density at radius 1 is 0.900 bits per heavy atom. The predicted octanol–water partition coefficient (Wildman–Crippen LogP) is 2.35. The van der Waals surface area contributed by atoms with E-state index in [9.17, 15) is 30.3 Å². The third-order valence-electron chi connectivity index (χ3n) is 3.05. The molecule has 0 radical (unpaired) electrons. The van der Waals surface area contributed by atoms with Gasteiger partial charge in [0.25, 0.3) is 5.69 Å². The highest BCUT2D eigenvalue weighted by molar-refractivity contribution is 5.43. The molecular formula is C11H13N3O6. The first kappa shape index (κ1) is 15.5. The monoisotopic (exact) mass is 283 g/mol. The summed E-state index contributed by atoms with van der Waals surface area (Å²) in [5.41, 5.74) is -5.44. The van der Waals surface area contributed by atoms with Crippen LogP contribution < -0.4 is 0 Å². The number of rotatable bonds is 4. The predicted molar refractivity (Wildman–Crippen MR) is 68.2 cm³/mol. The largest absolute Gasteiger partial charge is 0.495 e. The number of benzene rings is 1. The number of para-hydroxylation sites is 1. The van der Waals surface area contributed by atoms with Crippen LogP contribution in [0.2, 0.25) is 0 Å². The summed E-state index contributed by atoms with van der Waals surface area (Å²) >= 11 is 0. The zero-order chi connectivity index (χ0) is 15.7. The fraction of sp³-hybridized carbons (Fsp3) is 0.455. The Labute approximate surface area is 113 Å². The lowest BCUT2D eigenvalue weighted by atomic mass is 9.76. The summed E-state index contributed by atoms with van der Waals surface area (Å²) in [6, 6.07) is 4.67. The summed E-state index contributed by atoms with van der Waals surface area (Å²) in [6.45, 7) is 3.90. The van der Waals surface area contributed by atoms with Gasteiger partial charge in [-0.25, -0.2) is 0 Å². The van der Waals surface area contributed by atoms with E-state index in [0.717, 1.165) is 12.1 Å². The zero-order valence-electron chi connectivity index (χ0n) is 11.1. The van der Waals surface area contributed by atoms with Gasteiger partial charge >= 0.3 is 5.66 Å². The molecule has 0 saturated heterocycles. The average molecular weight is 283 g/mol. The molecule has 9 nitrogen and oxygen atoms in total. The van der Waals surface area contributed by atoms with Gasteiger partial charge in [-0.3, -0.25) is 30.3 Å². The topological polar surface area (TPSA) is 129 Å². The normalized spacial score (nSPS) is 11.9. The quantitative estimate of drug-likeness (QED) is 0.473. The Kier molecular flexibility index (Phi) is 3.74. The van der Waals surface area contributed by atoms with E-state index in [-0.39, 0.29) is 0 Å². The van der Waals surface area contributed by atoms with Crippen molar-refractivity contribution in [3.05, 3.63) is 60.2 Å². The third kappa shape index (κ3) is 2.06. The molecule has 0 heterocycles. The van der Waals surface area contributed by atoms with Crippen molar-refractivity contribution in [3.8, 4) is 0 Å². The van der Waals surface area contributed by atoms with E-state index >= 15 is 0 Å². The summed E-state index contributed by atoms with van der Waals surface area (Å²) < 4.78 is 0. The maximum absolute atomic E-state index is 11.4. The van der Waals surface area contributed by atoms with Gasteiger partial charge in [-0.1, -0.05) is 12.1 Å². The van der Waals surface area contributed by atoms with E-state index < -0.39 is 37.1 Å². The molecule has 0 aliphatic heterocycles. The van der Waals surface area contributed by atoms with Crippen molar-refractivity contribution < 1.29 is 14.8 Å². The van der Waals surface area contributed by atoms with E-state index in [0.29, 0.717) is 0 Å². The molecule has 0 spiro atoms. The van der Waals surface area contributed by atoms with Gasteiger partial charge in [-0.15, -0.1) is 0 Å². The van der Waals surface area contributed by atoms with E-state index in [1.54, 1.807) is 0 Å². The molecule has 0 N–H and O–H groups in total. The fourth-order valence-electron chi connectivity index (χ4n) is 2.14. The molecule has 1 aromatic rings. The third-order valence-corrected chi connectivity index (χ3v) is 3.05. The van der Waals surface area contributed by atoms with Crippen LogP contribution in [0.25, 0.3) is 0 Å². The summed E-state index contributed by atoms with van der Waals surface area (Å²) in [7, 11) is 0. The van der Waals surface area contributed by atoms with Crippen molar-refractivity contribution in [1.82, 2.24) is 0 Å². The molecule has 9 heteroatoms. The lowest BCUT2D eigenvalue weighted by Crippen LogP contribution is -2.53. The molecular weight excluding hydrogens is 270 g/mol. The second-order valence-corrected chi connectivity index (χ2v) is 5.21. The van der Waals surface area contributed by atoms with Gasteiger partial charge in [0.15, 0.2) is 5.56 Å². The van der Waals surface area contributed by atoms with Crippen LogP contribution in [0.5, 0.6) is 0 Å². The first-order valence-corrected chi connectivity index (χ1v) is 5.59. The SMILES string of the molecule is CC(C)(C)C(c1ccccc1[N+](=O)[O-])([N+](=O)[O-])[N+](=O)[O-]. The number of hydrogen-bond donors (Lipinski definition) is 0. The van der Waals surface area contributed by atoms with E-state index in [2.05, 4.69) is 0 Å². The molecule has 0 unspecified atom stereocenters. The Balaban J connectivity index is 3.85. The summed E-state index contributed by atoms with van der Waals surface area (Å²) in [4.78, 5) is 30.8. The van der Waals surface area contributed by atoms with Crippen molar-refractivity contribution in [3.63, 3.8) is 0 Å². The molecule has 1 aromatic carbocycles. The van der Waals surface area contributed by atoms with Crippen molar-refractivity contribution in [1.29, 1.82) is 0 Å². The van der Waals surface area contributed by atoms with E-state index in [1.807, 2.05) is 0 Å². The number of nitrogens with zero attached hydrogens (tertiary/aromatic N) is 3. The highest BCUT2D eigenvalue weighted by Crippen LogP contribution is 2.45. The van der Waals surface area contributed by atoms with Gasteiger partial charge in [0.2, 0.25) is 0 Å². The lowest BCUT2D eigenvalue weighted by molar-refractivity contribution is -0.828. The molecule has 0 aromatic heterocycles. The zero-order valence-corrected chi connectivity index (χ0v) is 11.1. The number of hydrogen-bond acceptors (Lipinski definition) is 6. The average Bonchev–Trinajstić information content (AvgIpc) is 2.26. The van der Waals surface area contributed by atoms with Gasteiger partial charge in [0.1, 0.15) is 15.3 Å². The van der Waals surface area contributed by atoms with Crippen LogP contribution in [0.1, 0.15) is 26.3 Å². The van der Waals surface area contributed by atoms with Crippen LogP contribution in [-0.4, -0.2) is 14.8 Å². The molecule has 0 fully saturated rings. The summed E-state index contributed by atoms with van der Waals surface area (Å²) in [6.07, 6.45) is 0. The van der Waals surface area contributed by atoms with Gasteiger partial charge in [0, 0.05) is 6.07 Å². The summed E-state index contributed by atoms with van der Waals surface area (Å²) in [5.74, 6) is 0. The molecule has 0 aliphatic rings. The Morgan fingerprint density at radius 2 is 1.35 bits per heavy atom. The van der Waals surface area contributed by atoms with Crippen LogP contribution in [0.3, 0.4) is 0 Å². The second kappa shape index (κ2) is 4.83. The molecule has 0 atom stereocenters. The van der Waals surface area contributed by atoms with Gasteiger partial charge in [0.05, 0.1) is 4.92 Å². The molecule has 1 rings (SSSR count). The first-order chi connectivity index (χ1) is 9.06.